The maximum absolute atomic E-state index is 10.9. The van der Waals surface area contributed by atoms with Crippen LogP contribution in [0.3, 0.4) is 0 Å². The van der Waals surface area contributed by atoms with Crippen molar-refractivity contribution in [2.24, 2.45) is 5.10 Å². The molecule has 5 nitrogen and oxygen atoms in total. The lowest BCUT2D eigenvalue weighted by atomic mass is 10.1. The summed E-state index contributed by atoms with van der Waals surface area (Å²) in [6.07, 6.45) is 4.96. The minimum Gasteiger partial charge on any atom is -0.469 e. The predicted molar refractivity (Wildman–Crippen MR) is 93.0 cm³/mol. The number of hydrazone groups is 1. The number of nitrogens with one attached hydrogen (secondary N) is 2. The van der Waals surface area contributed by atoms with Gasteiger partial charge in [0.05, 0.1) is 13.3 Å². The number of benzene rings is 1. The number of carbonyl (C=O) groups is 1. The highest BCUT2D eigenvalue weighted by atomic mass is 32.1. The zero-order chi connectivity index (χ0) is 16.2. The average Bonchev–Trinajstić information content (AvgIpc) is 2.52. The summed E-state index contributed by atoms with van der Waals surface area (Å²) in [7, 11) is 1.41. The van der Waals surface area contributed by atoms with Crippen molar-refractivity contribution in [3.05, 3.63) is 35.4 Å². The molecule has 0 bridgehead atoms. The number of methoxy groups -OCH3 is 1. The fraction of sp³-hybridized carbons (Fsp3) is 0.438. The van der Waals surface area contributed by atoms with Gasteiger partial charge in [0.15, 0.2) is 5.11 Å². The van der Waals surface area contributed by atoms with Gasteiger partial charge in [-0.1, -0.05) is 30.7 Å². The number of hydrogen-bond donors (Lipinski definition) is 2. The van der Waals surface area contributed by atoms with Crippen LogP contribution in [0.25, 0.3) is 0 Å². The molecule has 0 unspecified atom stereocenters. The molecule has 0 aromatic heterocycles. The maximum atomic E-state index is 10.9. The summed E-state index contributed by atoms with van der Waals surface area (Å²) >= 11 is 5.13. The van der Waals surface area contributed by atoms with E-state index in [1.807, 2.05) is 31.2 Å². The Labute approximate surface area is 137 Å². The number of hydrogen-bond acceptors (Lipinski definition) is 4. The Balaban J connectivity index is 2.11. The van der Waals surface area contributed by atoms with Crippen LogP contribution >= 0.6 is 12.2 Å². The quantitative estimate of drug-likeness (QED) is 0.253. The van der Waals surface area contributed by atoms with E-state index < -0.39 is 0 Å². The molecular formula is C16H23N3O2S. The van der Waals surface area contributed by atoms with Crippen molar-refractivity contribution in [2.45, 2.75) is 32.6 Å². The average molecular weight is 321 g/mol. The van der Waals surface area contributed by atoms with Gasteiger partial charge in [0.2, 0.25) is 0 Å². The maximum Gasteiger partial charge on any atom is 0.305 e. The molecule has 2 N–H and O–H groups in total. The third-order valence-electron chi connectivity index (χ3n) is 3.13. The third-order valence-corrected chi connectivity index (χ3v) is 3.36. The smallest absolute Gasteiger partial charge is 0.305 e. The molecule has 1 aromatic rings. The Morgan fingerprint density at radius 2 is 2.09 bits per heavy atom. The van der Waals surface area contributed by atoms with Crippen molar-refractivity contribution in [1.82, 2.24) is 10.7 Å². The highest BCUT2D eigenvalue weighted by molar-refractivity contribution is 7.80. The van der Waals surface area contributed by atoms with Gasteiger partial charge in [-0.05, 0) is 43.1 Å². The van der Waals surface area contributed by atoms with Crippen LogP contribution in [0.2, 0.25) is 0 Å². The number of thiocarbonyl (C=S) groups is 1. The first kappa shape index (κ1) is 18.1. The van der Waals surface area contributed by atoms with E-state index in [0.29, 0.717) is 11.5 Å². The molecule has 0 aliphatic carbocycles. The molecule has 0 radical (unpaired) electrons. The molecule has 0 atom stereocenters. The Hall–Kier alpha value is -1.95. The summed E-state index contributed by atoms with van der Waals surface area (Å²) in [5.74, 6) is -0.157. The molecule has 22 heavy (non-hydrogen) atoms. The summed E-state index contributed by atoms with van der Waals surface area (Å²) in [5, 5.41) is 7.69. The number of ether oxygens (including phenoxy) is 1. The lowest BCUT2D eigenvalue weighted by molar-refractivity contribution is -0.140. The monoisotopic (exact) mass is 321 g/mol. The van der Waals surface area contributed by atoms with E-state index in [2.05, 4.69) is 20.6 Å². The number of carbonyl (C=O) groups excluding carboxylic acids is 1. The molecule has 0 amide bonds. The summed E-state index contributed by atoms with van der Waals surface area (Å²) in [6, 6.07) is 8.00. The normalized spacial score (nSPS) is 10.5. The lowest BCUT2D eigenvalue weighted by Gasteiger charge is -2.06. The van der Waals surface area contributed by atoms with Crippen LogP contribution in [-0.2, 0) is 9.53 Å². The predicted octanol–water partition coefficient (Wildman–Crippen LogP) is 2.53. The molecule has 0 saturated carbocycles. The molecular weight excluding hydrogens is 298 g/mol. The van der Waals surface area contributed by atoms with Crippen molar-refractivity contribution in [2.75, 3.05) is 13.7 Å². The highest BCUT2D eigenvalue weighted by Crippen LogP contribution is 2.03. The van der Waals surface area contributed by atoms with Crippen molar-refractivity contribution < 1.29 is 9.53 Å². The zero-order valence-corrected chi connectivity index (χ0v) is 13.9. The van der Waals surface area contributed by atoms with E-state index >= 15 is 0 Å². The van der Waals surface area contributed by atoms with Gasteiger partial charge in [0.1, 0.15) is 0 Å². The van der Waals surface area contributed by atoms with Gasteiger partial charge in [-0.3, -0.25) is 10.2 Å². The molecule has 0 heterocycles. The Morgan fingerprint density at radius 1 is 1.32 bits per heavy atom. The molecule has 0 spiro atoms. The van der Waals surface area contributed by atoms with E-state index in [1.165, 1.54) is 7.11 Å². The van der Waals surface area contributed by atoms with Crippen molar-refractivity contribution >= 4 is 29.5 Å². The second-order valence-electron chi connectivity index (χ2n) is 4.87. The zero-order valence-electron chi connectivity index (χ0n) is 13.1. The summed E-state index contributed by atoms with van der Waals surface area (Å²) in [5.41, 5.74) is 5.01. The van der Waals surface area contributed by atoms with Crippen LogP contribution in [0.15, 0.2) is 29.4 Å². The first-order valence-electron chi connectivity index (χ1n) is 7.33. The topological polar surface area (TPSA) is 62.7 Å². The van der Waals surface area contributed by atoms with Crippen LogP contribution in [0, 0.1) is 6.92 Å². The highest BCUT2D eigenvalue weighted by Gasteiger charge is 1.99. The van der Waals surface area contributed by atoms with Crippen LogP contribution < -0.4 is 10.7 Å². The first-order chi connectivity index (χ1) is 10.6. The van der Waals surface area contributed by atoms with Crippen LogP contribution in [-0.4, -0.2) is 31.0 Å². The molecule has 1 aromatic carbocycles. The van der Waals surface area contributed by atoms with E-state index in [1.54, 1.807) is 6.21 Å². The van der Waals surface area contributed by atoms with Crippen LogP contribution in [0.4, 0.5) is 0 Å². The molecule has 0 aliphatic heterocycles. The van der Waals surface area contributed by atoms with Crippen LogP contribution in [0.5, 0.6) is 0 Å². The first-order valence-corrected chi connectivity index (χ1v) is 7.73. The third kappa shape index (κ3) is 7.73. The molecule has 120 valence electrons. The molecule has 0 fully saturated rings. The standard InChI is InChI=1S/C16H23N3O2S/c1-13-8-5-6-9-14(13)12-18-19-16(22)17-11-7-3-4-10-15(20)21-2/h5-6,8-9,12H,3-4,7,10-11H2,1-2H3,(H2,17,19,22)/b18-12-. The van der Waals surface area contributed by atoms with Crippen molar-refractivity contribution in [1.29, 1.82) is 0 Å². The van der Waals surface area contributed by atoms with E-state index in [9.17, 15) is 4.79 Å². The number of rotatable bonds is 8. The van der Waals surface area contributed by atoms with E-state index in [-0.39, 0.29) is 5.97 Å². The second-order valence-corrected chi connectivity index (χ2v) is 5.28. The SMILES string of the molecule is COC(=O)CCCCCNC(=S)N/N=C\c1ccccc1C. The van der Waals surface area contributed by atoms with E-state index in [4.69, 9.17) is 12.2 Å². The van der Waals surface area contributed by atoms with Crippen LogP contribution in [0.1, 0.15) is 36.8 Å². The summed E-state index contributed by atoms with van der Waals surface area (Å²) < 4.78 is 4.58. The Bertz CT molecular complexity index is 518. The summed E-state index contributed by atoms with van der Waals surface area (Å²) in [6.45, 7) is 2.79. The number of esters is 1. The lowest BCUT2D eigenvalue weighted by Crippen LogP contribution is -2.32. The Kier molecular flexibility index (Phi) is 8.83. The van der Waals surface area contributed by atoms with Crippen molar-refractivity contribution in [3.63, 3.8) is 0 Å². The second kappa shape index (κ2) is 10.7. The fourth-order valence-electron chi connectivity index (χ4n) is 1.81. The van der Waals surface area contributed by atoms with Gasteiger partial charge in [-0.15, -0.1) is 0 Å². The number of aryl methyl sites for hydroxylation is 1. The minimum atomic E-state index is -0.157. The largest absolute Gasteiger partial charge is 0.469 e. The fourth-order valence-corrected chi connectivity index (χ4v) is 1.96. The number of nitrogens with zero attached hydrogens (tertiary/aromatic N) is 1. The summed E-state index contributed by atoms with van der Waals surface area (Å²) in [4.78, 5) is 10.9. The van der Waals surface area contributed by atoms with Gasteiger partial charge in [0.25, 0.3) is 0 Å². The Morgan fingerprint density at radius 3 is 2.82 bits per heavy atom. The van der Waals surface area contributed by atoms with Gasteiger partial charge in [-0.25, -0.2) is 0 Å². The molecule has 0 saturated heterocycles. The van der Waals surface area contributed by atoms with Crippen molar-refractivity contribution in [3.8, 4) is 0 Å². The van der Waals surface area contributed by atoms with Gasteiger partial charge in [0, 0.05) is 13.0 Å². The molecule has 6 heteroatoms. The van der Waals surface area contributed by atoms with Gasteiger partial charge < -0.3 is 10.1 Å². The van der Waals surface area contributed by atoms with E-state index in [0.717, 1.165) is 36.9 Å². The van der Waals surface area contributed by atoms with Gasteiger partial charge in [-0.2, -0.15) is 5.10 Å². The number of unbranched alkanes of at least 4 members (excludes halogenated alkanes) is 2. The minimum absolute atomic E-state index is 0.157. The molecule has 0 aliphatic rings. The van der Waals surface area contributed by atoms with Gasteiger partial charge >= 0.3 is 5.97 Å². The molecule has 1 rings (SSSR count).